The van der Waals surface area contributed by atoms with Gasteiger partial charge in [-0.1, -0.05) is 28.1 Å². The van der Waals surface area contributed by atoms with E-state index < -0.39 is 0 Å². The number of hydrogen-bond donors (Lipinski definition) is 2. The van der Waals surface area contributed by atoms with Crippen LogP contribution in [0.2, 0.25) is 0 Å². The van der Waals surface area contributed by atoms with E-state index in [1.165, 1.54) is 6.92 Å². The van der Waals surface area contributed by atoms with Crippen molar-refractivity contribution in [1.29, 1.82) is 5.41 Å². The zero-order chi connectivity index (χ0) is 12.8. The molecule has 0 saturated carbocycles. The molecule has 0 aromatic heterocycles. The van der Waals surface area contributed by atoms with E-state index in [1.807, 2.05) is 31.2 Å². The SMILES string of the molecule is CC(=O)N[C@H](C)CC(=N)Cc1ccc(Br)cc1. The third-order valence-electron chi connectivity index (χ3n) is 2.33. The van der Waals surface area contributed by atoms with Gasteiger partial charge in [0.1, 0.15) is 0 Å². The lowest BCUT2D eigenvalue weighted by molar-refractivity contribution is -0.119. The summed E-state index contributed by atoms with van der Waals surface area (Å²) in [4.78, 5) is 10.8. The first-order valence-corrected chi connectivity index (χ1v) is 6.34. The molecule has 0 aliphatic heterocycles. The lowest BCUT2D eigenvalue weighted by atomic mass is 10.0. The Hall–Kier alpha value is -1.16. The molecule has 3 nitrogen and oxygen atoms in total. The van der Waals surface area contributed by atoms with Gasteiger partial charge in [-0.05, 0) is 24.6 Å². The van der Waals surface area contributed by atoms with Crippen LogP contribution in [0.15, 0.2) is 28.7 Å². The van der Waals surface area contributed by atoms with E-state index in [4.69, 9.17) is 5.41 Å². The third kappa shape index (κ3) is 5.63. The average molecular weight is 297 g/mol. The highest BCUT2D eigenvalue weighted by atomic mass is 79.9. The summed E-state index contributed by atoms with van der Waals surface area (Å²) in [6.45, 7) is 3.41. The van der Waals surface area contributed by atoms with Gasteiger partial charge in [0.25, 0.3) is 0 Å². The second kappa shape index (κ2) is 6.55. The van der Waals surface area contributed by atoms with Crippen LogP contribution >= 0.6 is 15.9 Å². The van der Waals surface area contributed by atoms with E-state index in [-0.39, 0.29) is 11.9 Å². The van der Waals surface area contributed by atoms with Gasteiger partial charge >= 0.3 is 0 Å². The van der Waals surface area contributed by atoms with Gasteiger partial charge in [0, 0.05) is 36.0 Å². The van der Waals surface area contributed by atoms with Crippen molar-refractivity contribution in [3.05, 3.63) is 34.3 Å². The van der Waals surface area contributed by atoms with Crippen LogP contribution in [0, 0.1) is 5.41 Å². The van der Waals surface area contributed by atoms with Crippen molar-refractivity contribution in [3.63, 3.8) is 0 Å². The van der Waals surface area contributed by atoms with Crippen LogP contribution < -0.4 is 5.32 Å². The Morgan fingerprint density at radius 3 is 2.53 bits per heavy atom. The van der Waals surface area contributed by atoms with E-state index in [9.17, 15) is 4.79 Å². The molecule has 0 unspecified atom stereocenters. The standard InChI is InChI=1S/C13H17BrN2O/c1-9(16-10(2)17)7-13(15)8-11-3-5-12(14)6-4-11/h3-6,9,15H,7-8H2,1-2H3,(H,16,17)/t9-/m1/s1. The van der Waals surface area contributed by atoms with E-state index >= 15 is 0 Å². The highest BCUT2D eigenvalue weighted by molar-refractivity contribution is 9.10. The largest absolute Gasteiger partial charge is 0.354 e. The van der Waals surface area contributed by atoms with Gasteiger partial charge in [-0.25, -0.2) is 0 Å². The first-order valence-electron chi connectivity index (χ1n) is 5.55. The minimum absolute atomic E-state index is 0.0236. The summed E-state index contributed by atoms with van der Waals surface area (Å²) in [5, 5.41) is 10.7. The number of carbonyl (C=O) groups is 1. The van der Waals surface area contributed by atoms with Crippen molar-refractivity contribution in [3.8, 4) is 0 Å². The maximum Gasteiger partial charge on any atom is 0.217 e. The van der Waals surface area contributed by atoms with Crippen LogP contribution in [0.4, 0.5) is 0 Å². The topological polar surface area (TPSA) is 53.0 Å². The number of hydrogen-bond acceptors (Lipinski definition) is 2. The Kier molecular flexibility index (Phi) is 5.35. The third-order valence-corrected chi connectivity index (χ3v) is 2.86. The second-order valence-corrected chi connectivity index (χ2v) is 5.13. The van der Waals surface area contributed by atoms with Crippen LogP contribution in [-0.2, 0) is 11.2 Å². The maximum absolute atomic E-state index is 10.8. The molecule has 0 aliphatic carbocycles. The van der Waals surface area contributed by atoms with Crippen LogP contribution in [0.3, 0.4) is 0 Å². The first-order chi connectivity index (χ1) is 7.97. The average Bonchev–Trinajstić information content (AvgIpc) is 2.19. The Balaban J connectivity index is 2.44. The molecule has 1 amide bonds. The van der Waals surface area contributed by atoms with Gasteiger partial charge in [-0.3, -0.25) is 4.79 Å². The van der Waals surface area contributed by atoms with Gasteiger partial charge in [-0.2, -0.15) is 0 Å². The molecular formula is C13H17BrN2O. The lowest BCUT2D eigenvalue weighted by Gasteiger charge is -2.13. The summed E-state index contributed by atoms with van der Waals surface area (Å²) in [6.07, 6.45) is 1.23. The second-order valence-electron chi connectivity index (χ2n) is 4.21. The number of carbonyl (C=O) groups excluding carboxylic acids is 1. The molecule has 0 radical (unpaired) electrons. The molecular weight excluding hydrogens is 280 g/mol. The molecule has 0 spiro atoms. The quantitative estimate of drug-likeness (QED) is 0.807. The maximum atomic E-state index is 10.8. The number of halogens is 1. The van der Waals surface area contributed by atoms with Gasteiger partial charge in [0.15, 0.2) is 0 Å². The van der Waals surface area contributed by atoms with E-state index in [0.29, 0.717) is 18.6 Å². The minimum Gasteiger partial charge on any atom is -0.354 e. The highest BCUT2D eigenvalue weighted by Gasteiger charge is 2.07. The van der Waals surface area contributed by atoms with Crippen LogP contribution in [0.5, 0.6) is 0 Å². The number of nitrogens with one attached hydrogen (secondary N) is 2. The Bertz CT molecular complexity index is 400. The van der Waals surface area contributed by atoms with Crippen LogP contribution in [-0.4, -0.2) is 17.7 Å². The highest BCUT2D eigenvalue weighted by Crippen LogP contribution is 2.11. The predicted molar refractivity (Wildman–Crippen MR) is 73.5 cm³/mol. The summed E-state index contributed by atoms with van der Waals surface area (Å²) < 4.78 is 1.04. The normalized spacial score (nSPS) is 11.9. The van der Waals surface area contributed by atoms with Crippen LogP contribution in [0.25, 0.3) is 0 Å². The van der Waals surface area contributed by atoms with E-state index in [0.717, 1.165) is 10.0 Å². The number of benzene rings is 1. The fourth-order valence-corrected chi connectivity index (χ4v) is 1.95. The summed E-state index contributed by atoms with van der Waals surface area (Å²) in [6, 6.07) is 7.97. The van der Waals surface area contributed by atoms with Gasteiger partial charge < -0.3 is 10.7 Å². The number of rotatable bonds is 5. The lowest BCUT2D eigenvalue weighted by Crippen LogP contribution is -2.32. The van der Waals surface area contributed by atoms with Gasteiger partial charge in [-0.15, -0.1) is 0 Å². The summed E-state index contributed by atoms with van der Waals surface area (Å²) in [5.74, 6) is -0.0473. The fourth-order valence-electron chi connectivity index (χ4n) is 1.69. The minimum atomic E-state index is -0.0473. The summed E-state index contributed by atoms with van der Waals surface area (Å²) in [7, 11) is 0. The van der Waals surface area contributed by atoms with Crippen molar-refractivity contribution in [1.82, 2.24) is 5.32 Å². The van der Waals surface area contributed by atoms with Gasteiger partial charge in [0.2, 0.25) is 5.91 Å². The molecule has 1 atom stereocenters. The molecule has 0 aliphatic rings. The first kappa shape index (κ1) is 13.9. The molecule has 1 rings (SSSR count). The smallest absolute Gasteiger partial charge is 0.217 e. The molecule has 0 saturated heterocycles. The van der Waals surface area contributed by atoms with Crippen molar-refractivity contribution in [2.24, 2.45) is 0 Å². The Labute approximate surface area is 110 Å². The van der Waals surface area contributed by atoms with E-state index in [1.54, 1.807) is 0 Å². The summed E-state index contributed by atoms with van der Waals surface area (Å²) >= 11 is 3.38. The monoisotopic (exact) mass is 296 g/mol. The van der Waals surface area contributed by atoms with Crippen molar-refractivity contribution in [2.75, 3.05) is 0 Å². The van der Waals surface area contributed by atoms with Crippen molar-refractivity contribution < 1.29 is 4.79 Å². The zero-order valence-electron chi connectivity index (χ0n) is 10.1. The fraction of sp³-hybridized carbons (Fsp3) is 0.385. The van der Waals surface area contributed by atoms with Crippen LogP contribution in [0.1, 0.15) is 25.8 Å². The molecule has 4 heteroatoms. The van der Waals surface area contributed by atoms with Crippen molar-refractivity contribution >= 4 is 27.5 Å². The molecule has 1 aromatic carbocycles. The predicted octanol–water partition coefficient (Wildman–Crippen LogP) is 2.93. The van der Waals surface area contributed by atoms with E-state index in [2.05, 4.69) is 21.2 Å². The molecule has 0 bridgehead atoms. The number of amides is 1. The molecule has 92 valence electrons. The summed E-state index contributed by atoms with van der Waals surface area (Å²) in [5.41, 5.74) is 1.75. The molecule has 0 heterocycles. The Morgan fingerprint density at radius 1 is 1.41 bits per heavy atom. The van der Waals surface area contributed by atoms with Crippen molar-refractivity contribution in [2.45, 2.75) is 32.7 Å². The molecule has 0 fully saturated rings. The molecule has 1 aromatic rings. The molecule has 2 N–H and O–H groups in total. The zero-order valence-corrected chi connectivity index (χ0v) is 11.7. The Morgan fingerprint density at radius 2 is 2.00 bits per heavy atom. The van der Waals surface area contributed by atoms with Gasteiger partial charge in [0.05, 0.1) is 0 Å². The molecule has 17 heavy (non-hydrogen) atoms.